The average molecular weight is 305 g/mol. The van der Waals surface area contributed by atoms with E-state index in [9.17, 15) is 23.7 Å². The number of nitrogens with zero attached hydrogens (tertiary/aromatic N) is 1. The van der Waals surface area contributed by atoms with E-state index in [-0.39, 0.29) is 11.9 Å². The Morgan fingerprint density at radius 3 is 2.70 bits per heavy atom. The number of alkyl halides is 1. The Hall–Kier alpha value is -1.76. The van der Waals surface area contributed by atoms with Crippen LogP contribution in [0.15, 0.2) is 12.1 Å². The number of carbonyl (C=O) groups is 1. The van der Waals surface area contributed by atoms with Crippen LogP contribution in [0, 0.1) is 27.7 Å². The maximum absolute atomic E-state index is 13.8. The SMILES string of the molecule is O=C(NCC(Cl)C1CC1)c1c(F)ccc([N+](=O)[O-])c1F. The number of nitrogens with one attached hydrogen (secondary N) is 1. The third-order valence-electron chi connectivity index (χ3n) is 3.09. The van der Waals surface area contributed by atoms with Gasteiger partial charge in [-0.05, 0) is 24.8 Å². The Morgan fingerprint density at radius 2 is 2.15 bits per heavy atom. The summed E-state index contributed by atoms with van der Waals surface area (Å²) in [7, 11) is 0. The predicted molar refractivity (Wildman–Crippen MR) is 67.7 cm³/mol. The van der Waals surface area contributed by atoms with E-state index in [4.69, 9.17) is 11.6 Å². The van der Waals surface area contributed by atoms with Crippen LogP contribution in [0.2, 0.25) is 0 Å². The topological polar surface area (TPSA) is 72.2 Å². The molecule has 1 N–H and O–H groups in total. The van der Waals surface area contributed by atoms with Gasteiger partial charge in [0.25, 0.3) is 5.91 Å². The first kappa shape index (κ1) is 14.6. The third kappa shape index (κ3) is 3.04. The van der Waals surface area contributed by atoms with Gasteiger partial charge in [-0.2, -0.15) is 4.39 Å². The lowest BCUT2D eigenvalue weighted by molar-refractivity contribution is -0.387. The molecule has 1 unspecified atom stereocenters. The zero-order valence-electron chi connectivity index (χ0n) is 10.2. The lowest BCUT2D eigenvalue weighted by Gasteiger charge is -2.10. The van der Waals surface area contributed by atoms with Crippen LogP contribution in [0.5, 0.6) is 0 Å². The second-order valence-electron chi connectivity index (χ2n) is 4.58. The van der Waals surface area contributed by atoms with Gasteiger partial charge in [-0.25, -0.2) is 4.39 Å². The molecule has 108 valence electrons. The molecule has 0 spiro atoms. The number of amides is 1. The van der Waals surface area contributed by atoms with Crippen molar-refractivity contribution in [1.29, 1.82) is 0 Å². The van der Waals surface area contributed by atoms with Gasteiger partial charge >= 0.3 is 5.69 Å². The highest BCUT2D eigenvalue weighted by atomic mass is 35.5. The van der Waals surface area contributed by atoms with Gasteiger partial charge in [0.2, 0.25) is 5.82 Å². The summed E-state index contributed by atoms with van der Waals surface area (Å²) in [5.41, 5.74) is -1.90. The number of hydrogen-bond acceptors (Lipinski definition) is 3. The summed E-state index contributed by atoms with van der Waals surface area (Å²) in [5.74, 6) is -3.38. The van der Waals surface area contributed by atoms with Crippen molar-refractivity contribution in [3.8, 4) is 0 Å². The standard InChI is InChI=1S/C12H11ClF2N2O3/c13-7(6-1-2-6)5-16-12(18)10-8(14)3-4-9(11(10)15)17(19)20/h3-4,6-7H,1-2,5H2,(H,16,18). The van der Waals surface area contributed by atoms with Crippen molar-refractivity contribution in [3.05, 3.63) is 39.4 Å². The molecule has 8 heteroatoms. The van der Waals surface area contributed by atoms with Gasteiger partial charge in [0, 0.05) is 12.6 Å². The number of nitro groups is 1. The smallest absolute Gasteiger partial charge is 0.305 e. The first-order valence-corrected chi connectivity index (χ1v) is 6.40. The number of hydrogen-bond donors (Lipinski definition) is 1. The van der Waals surface area contributed by atoms with Gasteiger partial charge in [-0.3, -0.25) is 14.9 Å². The van der Waals surface area contributed by atoms with Crippen LogP contribution in [-0.4, -0.2) is 22.8 Å². The molecule has 1 amide bonds. The van der Waals surface area contributed by atoms with E-state index in [1.807, 2.05) is 0 Å². The molecule has 0 radical (unpaired) electrons. The summed E-state index contributed by atoms with van der Waals surface area (Å²) in [6.45, 7) is 0.0621. The molecule has 2 rings (SSSR count). The second kappa shape index (κ2) is 5.70. The summed E-state index contributed by atoms with van der Waals surface area (Å²) in [6, 6.07) is 1.37. The van der Waals surface area contributed by atoms with Crippen LogP contribution in [0.3, 0.4) is 0 Å². The van der Waals surface area contributed by atoms with Crippen LogP contribution in [0.4, 0.5) is 14.5 Å². The van der Waals surface area contributed by atoms with E-state index in [2.05, 4.69) is 5.32 Å². The molecule has 0 heterocycles. The van der Waals surface area contributed by atoms with Crippen molar-refractivity contribution in [1.82, 2.24) is 5.32 Å². The fourth-order valence-electron chi connectivity index (χ4n) is 1.79. The highest BCUT2D eigenvalue weighted by Crippen LogP contribution is 2.35. The zero-order chi connectivity index (χ0) is 14.9. The van der Waals surface area contributed by atoms with Gasteiger partial charge in [-0.1, -0.05) is 0 Å². The minimum absolute atomic E-state index is 0.0621. The Bertz CT molecular complexity index is 564. The van der Waals surface area contributed by atoms with Crippen molar-refractivity contribution in [3.63, 3.8) is 0 Å². The molecule has 5 nitrogen and oxygen atoms in total. The van der Waals surface area contributed by atoms with E-state index >= 15 is 0 Å². The largest absolute Gasteiger partial charge is 0.350 e. The minimum Gasteiger partial charge on any atom is -0.350 e. The van der Waals surface area contributed by atoms with Crippen molar-refractivity contribution in [2.75, 3.05) is 6.54 Å². The molecule has 1 fully saturated rings. The molecule has 1 saturated carbocycles. The average Bonchev–Trinajstić information content (AvgIpc) is 3.19. The van der Waals surface area contributed by atoms with Crippen molar-refractivity contribution >= 4 is 23.2 Å². The lowest BCUT2D eigenvalue weighted by Crippen LogP contribution is -2.32. The van der Waals surface area contributed by atoms with E-state index < -0.39 is 33.7 Å². The summed E-state index contributed by atoms with van der Waals surface area (Å²) < 4.78 is 27.2. The Labute approximate surface area is 118 Å². The molecule has 0 bridgehead atoms. The second-order valence-corrected chi connectivity index (χ2v) is 5.14. The number of carbonyl (C=O) groups excluding carboxylic acids is 1. The lowest BCUT2D eigenvalue weighted by atomic mass is 10.1. The number of nitro benzene ring substituents is 1. The molecule has 1 aliphatic carbocycles. The number of halogens is 3. The first-order chi connectivity index (χ1) is 9.41. The van der Waals surface area contributed by atoms with Crippen LogP contribution in [0.1, 0.15) is 23.2 Å². The quantitative estimate of drug-likeness (QED) is 0.516. The maximum atomic E-state index is 13.8. The van der Waals surface area contributed by atoms with Crippen molar-refractivity contribution in [2.24, 2.45) is 5.92 Å². The minimum atomic E-state index is -1.48. The first-order valence-electron chi connectivity index (χ1n) is 5.96. The van der Waals surface area contributed by atoms with E-state index in [0.717, 1.165) is 12.8 Å². The van der Waals surface area contributed by atoms with E-state index in [1.165, 1.54) is 0 Å². The summed E-state index contributed by atoms with van der Waals surface area (Å²) in [4.78, 5) is 21.3. The molecular formula is C12H11ClF2N2O3. The highest BCUT2D eigenvalue weighted by Gasteiger charge is 2.31. The summed E-state index contributed by atoms with van der Waals surface area (Å²) in [5, 5.41) is 12.6. The maximum Gasteiger partial charge on any atom is 0.305 e. The fraction of sp³-hybridized carbons (Fsp3) is 0.417. The summed E-state index contributed by atoms with van der Waals surface area (Å²) >= 11 is 5.96. The van der Waals surface area contributed by atoms with E-state index in [1.54, 1.807) is 0 Å². The molecule has 0 aliphatic heterocycles. The van der Waals surface area contributed by atoms with Crippen molar-refractivity contribution < 1.29 is 18.5 Å². The van der Waals surface area contributed by atoms with Crippen molar-refractivity contribution in [2.45, 2.75) is 18.2 Å². The van der Waals surface area contributed by atoms with Crippen LogP contribution < -0.4 is 5.32 Å². The monoisotopic (exact) mass is 304 g/mol. The third-order valence-corrected chi connectivity index (χ3v) is 3.60. The summed E-state index contributed by atoms with van der Waals surface area (Å²) in [6.07, 6.45) is 1.92. The van der Waals surface area contributed by atoms with Crippen LogP contribution in [-0.2, 0) is 0 Å². The number of rotatable bonds is 5. The van der Waals surface area contributed by atoms with Crippen LogP contribution in [0.25, 0.3) is 0 Å². The highest BCUT2D eigenvalue weighted by molar-refractivity contribution is 6.21. The van der Waals surface area contributed by atoms with Gasteiger partial charge < -0.3 is 5.32 Å². The Balaban J connectivity index is 2.15. The predicted octanol–water partition coefficient (Wildman–Crippen LogP) is 2.62. The molecule has 1 aliphatic rings. The van der Waals surface area contributed by atoms with Gasteiger partial charge in [0.1, 0.15) is 11.4 Å². The molecule has 1 atom stereocenters. The Kier molecular flexibility index (Phi) is 4.17. The van der Waals surface area contributed by atoms with Gasteiger partial charge in [0.05, 0.1) is 10.3 Å². The van der Waals surface area contributed by atoms with Gasteiger partial charge in [-0.15, -0.1) is 11.6 Å². The molecular weight excluding hydrogens is 294 g/mol. The van der Waals surface area contributed by atoms with Gasteiger partial charge in [0.15, 0.2) is 0 Å². The van der Waals surface area contributed by atoms with Crippen LogP contribution >= 0.6 is 11.6 Å². The van der Waals surface area contributed by atoms with E-state index in [0.29, 0.717) is 18.1 Å². The molecule has 0 saturated heterocycles. The molecule has 0 aromatic heterocycles. The Morgan fingerprint density at radius 1 is 1.50 bits per heavy atom. The molecule has 1 aromatic carbocycles. The normalized spacial score (nSPS) is 15.8. The zero-order valence-corrected chi connectivity index (χ0v) is 11.0. The number of benzene rings is 1. The molecule has 1 aromatic rings. The fourth-order valence-corrected chi connectivity index (χ4v) is 2.12. The molecule has 20 heavy (non-hydrogen) atoms.